The molecule has 8 nitrogen and oxygen atoms in total. The molecule has 2 aliphatic heterocycles. The van der Waals surface area contributed by atoms with Crippen LogP contribution in [0.4, 0.5) is 5.82 Å². The molecule has 0 aliphatic carbocycles. The van der Waals surface area contributed by atoms with Crippen LogP contribution in [0.25, 0.3) is 11.1 Å². The van der Waals surface area contributed by atoms with Crippen molar-refractivity contribution in [3.8, 4) is 16.9 Å². The molecule has 4 rings (SSSR count). The Bertz CT molecular complexity index is 857. The Hall–Kier alpha value is -3.16. The van der Waals surface area contributed by atoms with E-state index in [9.17, 15) is 14.9 Å². The summed E-state index contributed by atoms with van der Waals surface area (Å²) >= 11 is 0. The fourth-order valence-electron chi connectivity index (χ4n) is 3.77. The molecule has 1 aromatic carbocycles. The predicted octanol–water partition coefficient (Wildman–Crippen LogP) is 1.99. The molecule has 1 spiro atoms. The molecule has 0 bridgehead atoms. The Kier molecular flexibility index (Phi) is 3.75. The van der Waals surface area contributed by atoms with Crippen molar-refractivity contribution in [1.82, 2.24) is 9.88 Å². The van der Waals surface area contributed by atoms with E-state index in [1.807, 2.05) is 35.2 Å². The quantitative estimate of drug-likeness (QED) is 0.616. The third-order valence-electron chi connectivity index (χ3n) is 4.99. The fourth-order valence-corrected chi connectivity index (χ4v) is 3.77. The van der Waals surface area contributed by atoms with E-state index in [2.05, 4.69) is 4.98 Å². The largest absolute Gasteiger partial charge is 0.353 e. The summed E-state index contributed by atoms with van der Waals surface area (Å²) in [6.07, 6.45) is 1.64. The number of likely N-dealkylation sites (tertiary alicyclic amines) is 1. The SMILES string of the molecule is CC(=O)N1CC2(C1)CN(c1nccc(-c3ccccc3)c1O[N+](=O)[O-])C2. The lowest BCUT2D eigenvalue weighted by Gasteiger charge is -2.60. The summed E-state index contributed by atoms with van der Waals surface area (Å²) in [4.78, 5) is 35.5. The van der Waals surface area contributed by atoms with Crippen molar-refractivity contribution >= 4 is 11.7 Å². The molecule has 0 saturated carbocycles. The van der Waals surface area contributed by atoms with Crippen LogP contribution in [0.1, 0.15) is 6.92 Å². The zero-order valence-corrected chi connectivity index (χ0v) is 14.3. The van der Waals surface area contributed by atoms with E-state index in [1.54, 1.807) is 24.1 Å². The molecule has 1 amide bonds. The van der Waals surface area contributed by atoms with Crippen molar-refractivity contribution in [3.63, 3.8) is 0 Å². The summed E-state index contributed by atoms with van der Waals surface area (Å²) < 4.78 is 0. The normalized spacial score (nSPS) is 17.4. The Morgan fingerprint density at radius 1 is 1.19 bits per heavy atom. The monoisotopic (exact) mass is 354 g/mol. The third kappa shape index (κ3) is 2.73. The van der Waals surface area contributed by atoms with Crippen LogP contribution >= 0.6 is 0 Å². The number of nitrogens with zero attached hydrogens (tertiary/aromatic N) is 4. The number of aromatic nitrogens is 1. The lowest BCUT2D eigenvalue weighted by molar-refractivity contribution is -0.710. The number of amides is 1. The van der Waals surface area contributed by atoms with Gasteiger partial charge >= 0.3 is 0 Å². The topological polar surface area (TPSA) is 88.8 Å². The van der Waals surface area contributed by atoms with Crippen LogP contribution in [0.2, 0.25) is 0 Å². The van der Waals surface area contributed by atoms with Crippen molar-refractivity contribution in [2.75, 3.05) is 31.1 Å². The maximum absolute atomic E-state index is 11.4. The van der Waals surface area contributed by atoms with Crippen molar-refractivity contribution in [2.24, 2.45) is 5.41 Å². The summed E-state index contributed by atoms with van der Waals surface area (Å²) in [7, 11) is 0. The molecule has 2 fully saturated rings. The van der Waals surface area contributed by atoms with Gasteiger partial charge in [0.2, 0.25) is 5.91 Å². The molecule has 134 valence electrons. The van der Waals surface area contributed by atoms with Crippen molar-refractivity contribution in [3.05, 3.63) is 52.7 Å². The van der Waals surface area contributed by atoms with Gasteiger partial charge in [-0.25, -0.2) is 4.98 Å². The van der Waals surface area contributed by atoms with Crippen molar-refractivity contribution in [1.29, 1.82) is 0 Å². The van der Waals surface area contributed by atoms with E-state index < -0.39 is 5.09 Å². The highest BCUT2D eigenvalue weighted by Crippen LogP contribution is 2.45. The maximum atomic E-state index is 11.4. The average molecular weight is 354 g/mol. The van der Waals surface area contributed by atoms with E-state index in [-0.39, 0.29) is 17.1 Å². The second kappa shape index (κ2) is 5.98. The zero-order valence-electron chi connectivity index (χ0n) is 14.3. The summed E-state index contributed by atoms with van der Waals surface area (Å²) in [5.41, 5.74) is 1.53. The van der Waals surface area contributed by atoms with Crippen molar-refractivity contribution < 1.29 is 14.7 Å². The minimum absolute atomic E-state index is 0.0714. The number of pyridine rings is 1. The van der Waals surface area contributed by atoms with E-state index in [1.165, 1.54) is 0 Å². The maximum Gasteiger partial charge on any atom is 0.299 e. The first-order valence-corrected chi connectivity index (χ1v) is 8.35. The van der Waals surface area contributed by atoms with Crippen LogP contribution in [0.3, 0.4) is 0 Å². The standard InChI is InChI=1S/C18H18N4O4/c1-13(23)20-9-18(10-20)11-21(12-18)17-16(26-22(24)25)15(7-8-19-17)14-5-3-2-4-6-14/h2-8H,9-12H2,1H3. The number of carbonyl (C=O) groups excluding carboxylic acids is 1. The first kappa shape index (κ1) is 16.3. The molecule has 0 atom stereocenters. The van der Waals surface area contributed by atoms with E-state index in [4.69, 9.17) is 4.84 Å². The fraction of sp³-hybridized carbons (Fsp3) is 0.333. The van der Waals surface area contributed by atoms with Gasteiger partial charge in [0.25, 0.3) is 5.09 Å². The summed E-state index contributed by atoms with van der Waals surface area (Å²) in [5, 5.41) is 10.2. The number of hydrogen-bond donors (Lipinski definition) is 0. The van der Waals surface area contributed by atoms with Gasteiger partial charge in [-0.3, -0.25) is 9.63 Å². The molecule has 2 aliphatic rings. The van der Waals surface area contributed by atoms with Crippen LogP contribution in [0.5, 0.6) is 5.75 Å². The molecule has 26 heavy (non-hydrogen) atoms. The minimum Gasteiger partial charge on any atom is -0.353 e. The number of anilines is 1. The molecule has 3 heterocycles. The zero-order chi connectivity index (χ0) is 18.3. The third-order valence-corrected chi connectivity index (χ3v) is 4.99. The molecule has 8 heteroatoms. The van der Waals surface area contributed by atoms with E-state index in [0.717, 1.165) is 18.7 Å². The molecule has 0 radical (unpaired) electrons. The number of benzene rings is 1. The van der Waals surface area contributed by atoms with E-state index >= 15 is 0 Å². The highest BCUT2D eigenvalue weighted by Gasteiger charge is 2.53. The Labute approximate surface area is 150 Å². The lowest BCUT2D eigenvalue weighted by Crippen LogP contribution is -2.73. The van der Waals surface area contributed by atoms with Crippen LogP contribution in [0.15, 0.2) is 42.6 Å². The molecular weight excluding hydrogens is 336 g/mol. The highest BCUT2D eigenvalue weighted by atomic mass is 17.0. The Morgan fingerprint density at radius 2 is 1.88 bits per heavy atom. The van der Waals surface area contributed by atoms with Crippen molar-refractivity contribution in [2.45, 2.75) is 6.92 Å². The number of carbonyl (C=O) groups is 1. The minimum atomic E-state index is -0.802. The van der Waals surface area contributed by atoms with Gasteiger partial charge in [0.1, 0.15) is 0 Å². The second-order valence-corrected chi connectivity index (χ2v) is 6.92. The Balaban J connectivity index is 1.61. The van der Waals surface area contributed by atoms with E-state index in [0.29, 0.717) is 24.5 Å². The van der Waals surface area contributed by atoms with Gasteiger partial charge in [0, 0.05) is 50.3 Å². The molecule has 0 N–H and O–H groups in total. The summed E-state index contributed by atoms with van der Waals surface area (Å²) in [6.45, 7) is 4.43. The summed E-state index contributed by atoms with van der Waals surface area (Å²) in [6, 6.07) is 11.1. The molecular formula is C18H18N4O4. The molecule has 2 saturated heterocycles. The second-order valence-electron chi connectivity index (χ2n) is 6.92. The molecule has 1 aromatic heterocycles. The van der Waals surface area contributed by atoms with Gasteiger partial charge in [-0.05, 0) is 11.6 Å². The predicted molar refractivity (Wildman–Crippen MR) is 94.2 cm³/mol. The first-order valence-electron chi connectivity index (χ1n) is 8.35. The van der Waals surface area contributed by atoms with Crippen LogP contribution in [-0.2, 0) is 4.79 Å². The molecule has 0 unspecified atom stereocenters. The first-order chi connectivity index (χ1) is 12.5. The molecule has 2 aromatic rings. The van der Waals surface area contributed by atoms with Crippen LogP contribution < -0.4 is 9.74 Å². The van der Waals surface area contributed by atoms with Crippen LogP contribution in [-0.4, -0.2) is 47.1 Å². The number of hydrogen-bond acceptors (Lipinski definition) is 6. The number of rotatable bonds is 4. The Morgan fingerprint density at radius 3 is 2.50 bits per heavy atom. The van der Waals surface area contributed by atoms with Gasteiger partial charge in [0.05, 0.1) is 0 Å². The van der Waals surface area contributed by atoms with Gasteiger partial charge in [-0.1, -0.05) is 30.3 Å². The van der Waals surface area contributed by atoms with Gasteiger partial charge < -0.3 is 9.80 Å². The average Bonchev–Trinajstić information content (AvgIpc) is 2.53. The van der Waals surface area contributed by atoms with Gasteiger partial charge in [-0.15, -0.1) is 10.1 Å². The highest BCUT2D eigenvalue weighted by molar-refractivity contribution is 5.77. The van der Waals surface area contributed by atoms with Gasteiger partial charge in [-0.2, -0.15) is 0 Å². The smallest absolute Gasteiger partial charge is 0.299 e. The lowest BCUT2D eigenvalue weighted by atomic mass is 9.72. The van der Waals surface area contributed by atoms with Gasteiger partial charge in [0.15, 0.2) is 11.6 Å². The van der Waals surface area contributed by atoms with Crippen LogP contribution in [0, 0.1) is 15.5 Å². The summed E-state index contributed by atoms with van der Waals surface area (Å²) in [5.74, 6) is 0.701.